The minimum atomic E-state index is -0.528. The fraction of sp³-hybridized carbons (Fsp3) is 0.364. The van der Waals surface area contributed by atoms with Crippen molar-refractivity contribution in [2.75, 3.05) is 12.8 Å². The maximum atomic E-state index is 11.5. The monoisotopic (exact) mass is 266 g/mol. The van der Waals surface area contributed by atoms with E-state index in [9.17, 15) is 4.79 Å². The highest BCUT2D eigenvalue weighted by Gasteiger charge is 2.22. The van der Waals surface area contributed by atoms with Crippen molar-refractivity contribution in [1.29, 1.82) is 0 Å². The number of imidazole rings is 1. The number of carbonyl (C=O) groups is 1. The lowest BCUT2D eigenvalue weighted by Gasteiger charge is -2.15. The molecule has 2 aromatic heterocycles. The molecule has 18 heavy (non-hydrogen) atoms. The van der Waals surface area contributed by atoms with E-state index in [1.54, 1.807) is 28.4 Å². The standard InChI is InChI=1S/C11H14N4O2S/c1-3-7(10-13-4-5-18-10)15-6-14-8(9(15)12)11(16)17-2/h4-7H,3,12H2,1-2H3. The summed E-state index contributed by atoms with van der Waals surface area (Å²) in [4.78, 5) is 19.7. The lowest BCUT2D eigenvalue weighted by molar-refractivity contribution is 0.0596. The second kappa shape index (κ2) is 5.18. The fourth-order valence-corrected chi connectivity index (χ4v) is 2.58. The largest absolute Gasteiger partial charge is 0.464 e. The molecule has 0 fully saturated rings. The van der Waals surface area contributed by atoms with Crippen LogP contribution in [0.1, 0.15) is 34.9 Å². The van der Waals surface area contributed by atoms with Crippen molar-refractivity contribution in [1.82, 2.24) is 14.5 Å². The molecule has 0 saturated heterocycles. The third-order valence-electron chi connectivity index (χ3n) is 2.67. The Bertz CT molecular complexity index is 535. The van der Waals surface area contributed by atoms with Crippen LogP contribution < -0.4 is 5.73 Å². The van der Waals surface area contributed by atoms with Crippen molar-refractivity contribution in [2.45, 2.75) is 19.4 Å². The molecule has 0 aliphatic rings. The molecule has 0 saturated carbocycles. The van der Waals surface area contributed by atoms with E-state index in [1.807, 2.05) is 12.3 Å². The zero-order chi connectivity index (χ0) is 13.1. The SMILES string of the molecule is CCC(c1nccs1)n1cnc(C(=O)OC)c1N. The first-order chi connectivity index (χ1) is 8.69. The number of ether oxygens (including phenoxy) is 1. The molecular weight excluding hydrogens is 252 g/mol. The highest BCUT2D eigenvalue weighted by molar-refractivity contribution is 7.09. The Hall–Kier alpha value is -1.89. The van der Waals surface area contributed by atoms with Crippen LogP contribution in [0.25, 0.3) is 0 Å². The minimum Gasteiger partial charge on any atom is -0.464 e. The number of carbonyl (C=O) groups excluding carboxylic acids is 1. The average molecular weight is 266 g/mol. The molecule has 0 spiro atoms. The molecule has 0 aliphatic carbocycles. The molecular formula is C11H14N4O2S. The van der Waals surface area contributed by atoms with Gasteiger partial charge in [-0.3, -0.25) is 0 Å². The number of aromatic nitrogens is 3. The first-order valence-electron chi connectivity index (χ1n) is 5.49. The maximum absolute atomic E-state index is 11.5. The van der Waals surface area contributed by atoms with Gasteiger partial charge in [0.15, 0.2) is 5.69 Å². The summed E-state index contributed by atoms with van der Waals surface area (Å²) in [6, 6.07) is -0.00379. The molecule has 2 rings (SSSR count). The normalized spacial score (nSPS) is 12.3. The van der Waals surface area contributed by atoms with Gasteiger partial charge < -0.3 is 15.0 Å². The number of thiazole rings is 1. The lowest BCUT2D eigenvalue weighted by atomic mass is 10.2. The Balaban J connectivity index is 2.39. The van der Waals surface area contributed by atoms with Gasteiger partial charge in [0.1, 0.15) is 10.8 Å². The first-order valence-corrected chi connectivity index (χ1v) is 6.37. The molecule has 2 aromatic rings. The van der Waals surface area contributed by atoms with Crippen molar-refractivity contribution in [3.63, 3.8) is 0 Å². The van der Waals surface area contributed by atoms with Gasteiger partial charge in [-0.25, -0.2) is 14.8 Å². The number of hydrogen-bond donors (Lipinski definition) is 1. The number of nitrogens with zero attached hydrogens (tertiary/aromatic N) is 3. The lowest BCUT2D eigenvalue weighted by Crippen LogP contribution is -2.13. The molecule has 0 aliphatic heterocycles. The molecule has 6 nitrogen and oxygen atoms in total. The Kier molecular flexibility index (Phi) is 3.61. The number of anilines is 1. The van der Waals surface area contributed by atoms with Gasteiger partial charge in [-0.2, -0.15) is 0 Å². The Labute approximate surface area is 108 Å². The Morgan fingerprint density at radius 2 is 2.39 bits per heavy atom. The second-order valence-electron chi connectivity index (χ2n) is 3.67. The van der Waals surface area contributed by atoms with E-state index >= 15 is 0 Å². The smallest absolute Gasteiger partial charge is 0.360 e. The third-order valence-corrected chi connectivity index (χ3v) is 3.55. The van der Waals surface area contributed by atoms with Gasteiger partial charge in [0.2, 0.25) is 0 Å². The van der Waals surface area contributed by atoms with Crippen LogP contribution in [-0.4, -0.2) is 27.6 Å². The summed E-state index contributed by atoms with van der Waals surface area (Å²) in [5.74, 6) is -0.218. The summed E-state index contributed by atoms with van der Waals surface area (Å²) in [6.45, 7) is 2.03. The summed E-state index contributed by atoms with van der Waals surface area (Å²) < 4.78 is 6.38. The highest BCUT2D eigenvalue weighted by Crippen LogP contribution is 2.27. The van der Waals surface area contributed by atoms with Gasteiger partial charge in [0, 0.05) is 11.6 Å². The topological polar surface area (TPSA) is 83.0 Å². The quantitative estimate of drug-likeness (QED) is 0.852. The average Bonchev–Trinajstić information content (AvgIpc) is 3.01. The van der Waals surface area contributed by atoms with Gasteiger partial charge >= 0.3 is 5.97 Å². The van der Waals surface area contributed by atoms with Crippen molar-refractivity contribution in [3.05, 3.63) is 28.6 Å². The number of hydrogen-bond acceptors (Lipinski definition) is 6. The first kappa shape index (κ1) is 12.6. The van der Waals surface area contributed by atoms with Crippen LogP contribution in [0.4, 0.5) is 5.82 Å². The van der Waals surface area contributed by atoms with Crippen LogP contribution in [-0.2, 0) is 4.74 Å². The van der Waals surface area contributed by atoms with Crippen molar-refractivity contribution >= 4 is 23.1 Å². The summed E-state index contributed by atoms with van der Waals surface area (Å²) in [5, 5.41) is 2.85. The number of esters is 1. The zero-order valence-electron chi connectivity index (χ0n) is 10.2. The third kappa shape index (κ3) is 2.08. The van der Waals surface area contributed by atoms with Crippen LogP contribution in [0.2, 0.25) is 0 Å². The summed E-state index contributed by atoms with van der Waals surface area (Å²) in [5.41, 5.74) is 6.08. The summed E-state index contributed by atoms with van der Waals surface area (Å²) in [7, 11) is 1.30. The molecule has 2 N–H and O–H groups in total. The van der Waals surface area contributed by atoms with Crippen molar-refractivity contribution in [2.24, 2.45) is 0 Å². The molecule has 0 amide bonds. The molecule has 7 heteroatoms. The van der Waals surface area contributed by atoms with Crippen LogP contribution in [0.15, 0.2) is 17.9 Å². The summed E-state index contributed by atoms with van der Waals surface area (Å²) >= 11 is 1.55. The molecule has 1 unspecified atom stereocenters. The zero-order valence-corrected chi connectivity index (χ0v) is 11.0. The van der Waals surface area contributed by atoms with Crippen LogP contribution in [0, 0.1) is 0 Å². The minimum absolute atomic E-state index is 0.00379. The number of nitrogens with two attached hydrogens (primary N) is 1. The molecule has 0 bridgehead atoms. The number of methoxy groups -OCH3 is 1. The van der Waals surface area contributed by atoms with Gasteiger partial charge in [0.05, 0.1) is 19.5 Å². The van der Waals surface area contributed by atoms with Crippen LogP contribution in [0.3, 0.4) is 0 Å². The molecule has 0 aromatic carbocycles. The fourth-order valence-electron chi connectivity index (χ4n) is 1.76. The Morgan fingerprint density at radius 1 is 1.61 bits per heavy atom. The van der Waals surface area contributed by atoms with Gasteiger partial charge in [-0.1, -0.05) is 6.92 Å². The highest BCUT2D eigenvalue weighted by atomic mass is 32.1. The second-order valence-corrected chi connectivity index (χ2v) is 4.60. The van der Waals surface area contributed by atoms with Gasteiger partial charge in [-0.05, 0) is 6.42 Å². The van der Waals surface area contributed by atoms with E-state index in [1.165, 1.54) is 7.11 Å². The molecule has 96 valence electrons. The molecule has 0 radical (unpaired) electrons. The Morgan fingerprint density at radius 3 is 2.94 bits per heavy atom. The maximum Gasteiger partial charge on any atom is 0.360 e. The van der Waals surface area contributed by atoms with E-state index in [0.29, 0.717) is 5.82 Å². The van der Waals surface area contributed by atoms with E-state index in [-0.39, 0.29) is 11.7 Å². The molecule has 2 heterocycles. The summed E-state index contributed by atoms with van der Waals surface area (Å²) in [6.07, 6.45) is 4.11. The predicted octanol–water partition coefficient (Wildman–Crippen LogP) is 1.71. The predicted molar refractivity (Wildman–Crippen MR) is 68.5 cm³/mol. The van der Waals surface area contributed by atoms with E-state index in [4.69, 9.17) is 5.73 Å². The van der Waals surface area contributed by atoms with Gasteiger partial charge in [0.25, 0.3) is 0 Å². The molecule has 1 atom stereocenters. The van der Waals surface area contributed by atoms with Crippen LogP contribution >= 0.6 is 11.3 Å². The van der Waals surface area contributed by atoms with E-state index in [2.05, 4.69) is 14.7 Å². The van der Waals surface area contributed by atoms with Crippen molar-refractivity contribution < 1.29 is 9.53 Å². The number of nitrogen functional groups attached to an aromatic ring is 1. The van der Waals surface area contributed by atoms with E-state index < -0.39 is 5.97 Å². The van der Waals surface area contributed by atoms with Gasteiger partial charge in [-0.15, -0.1) is 11.3 Å². The van der Waals surface area contributed by atoms with Crippen LogP contribution in [0.5, 0.6) is 0 Å². The number of rotatable bonds is 4. The van der Waals surface area contributed by atoms with E-state index in [0.717, 1.165) is 11.4 Å². The van der Waals surface area contributed by atoms with Crippen molar-refractivity contribution in [3.8, 4) is 0 Å².